The second-order valence-electron chi connectivity index (χ2n) is 6.86. The Bertz CT molecular complexity index is 1040. The third kappa shape index (κ3) is 2.59. The van der Waals surface area contributed by atoms with Crippen LogP contribution in [0, 0.1) is 6.92 Å². The van der Waals surface area contributed by atoms with Gasteiger partial charge in [-0.25, -0.2) is 0 Å². The van der Waals surface area contributed by atoms with Crippen LogP contribution in [0.5, 0.6) is 0 Å². The van der Waals surface area contributed by atoms with Crippen LogP contribution in [0.4, 0.5) is 5.69 Å². The Labute approximate surface area is 151 Å². The average molecular weight is 344 g/mol. The molecule has 2 aromatic carbocycles. The summed E-state index contributed by atoms with van der Waals surface area (Å²) >= 11 is 1.85. The summed E-state index contributed by atoms with van der Waals surface area (Å²) in [5.41, 5.74) is 4.82. The molecule has 1 aliphatic rings. The summed E-state index contributed by atoms with van der Waals surface area (Å²) in [5.74, 6) is 0. The molecule has 0 spiro atoms. The van der Waals surface area contributed by atoms with Gasteiger partial charge in [0.05, 0.1) is 5.52 Å². The van der Waals surface area contributed by atoms with Crippen LogP contribution >= 0.6 is 11.3 Å². The topological polar surface area (TPSA) is 16.1 Å². The predicted octanol–water partition coefficient (Wildman–Crippen LogP) is 6.03. The molecule has 4 aromatic rings. The molecule has 0 N–H and O–H groups in total. The van der Waals surface area contributed by atoms with E-state index in [4.69, 9.17) is 4.98 Å². The lowest BCUT2D eigenvalue weighted by Gasteiger charge is -2.20. The molecule has 2 aromatic heterocycles. The lowest BCUT2D eigenvalue weighted by Crippen LogP contribution is -2.18. The van der Waals surface area contributed by atoms with Crippen LogP contribution in [-0.2, 0) is 0 Å². The number of fused-ring (bicyclic) bond motifs is 2. The summed E-state index contributed by atoms with van der Waals surface area (Å²) in [6.45, 7) is 4.43. The lowest BCUT2D eigenvalue weighted by molar-refractivity contribution is 0.949. The maximum atomic E-state index is 4.83. The lowest BCUT2D eigenvalue weighted by atomic mass is 10.1. The molecule has 0 saturated carbocycles. The van der Waals surface area contributed by atoms with Gasteiger partial charge in [0.2, 0.25) is 0 Å². The van der Waals surface area contributed by atoms with Crippen molar-refractivity contribution in [2.45, 2.75) is 19.8 Å². The molecule has 5 rings (SSSR count). The molecule has 1 aliphatic heterocycles. The van der Waals surface area contributed by atoms with Crippen LogP contribution in [-0.4, -0.2) is 18.1 Å². The first kappa shape index (κ1) is 14.9. The Balaban J connectivity index is 1.66. The average Bonchev–Trinajstić information content (AvgIpc) is 3.30. The van der Waals surface area contributed by atoms with E-state index in [9.17, 15) is 0 Å². The van der Waals surface area contributed by atoms with Crippen molar-refractivity contribution in [3.05, 3.63) is 60.3 Å². The van der Waals surface area contributed by atoms with Crippen molar-refractivity contribution in [3.63, 3.8) is 0 Å². The zero-order chi connectivity index (χ0) is 16.8. The number of aromatic nitrogens is 1. The van der Waals surface area contributed by atoms with E-state index in [0.29, 0.717) is 0 Å². The molecule has 0 atom stereocenters. The van der Waals surface area contributed by atoms with Gasteiger partial charge < -0.3 is 4.90 Å². The van der Waals surface area contributed by atoms with E-state index >= 15 is 0 Å². The number of hydrogen-bond acceptors (Lipinski definition) is 3. The Morgan fingerprint density at radius 1 is 0.960 bits per heavy atom. The summed E-state index contributed by atoms with van der Waals surface area (Å²) in [6.07, 6.45) is 2.59. The fourth-order valence-electron chi connectivity index (χ4n) is 3.84. The van der Waals surface area contributed by atoms with Gasteiger partial charge in [-0.3, -0.25) is 4.98 Å². The molecule has 3 heterocycles. The summed E-state index contributed by atoms with van der Waals surface area (Å²) in [5, 5.41) is 2.59. The normalized spacial score (nSPS) is 14.7. The number of rotatable bonds is 2. The van der Waals surface area contributed by atoms with Crippen molar-refractivity contribution in [2.24, 2.45) is 0 Å². The van der Waals surface area contributed by atoms with Crippen LogP contribution in [0.1, 0.15) is 18.5 Å². The van der Waals surface area contributed by atoms with Crippen molar-refractivity contribution in [2.75, 3.05) is 18.0 Å². The number of thiophene rings is 1. The van der Waals surface area contributed by atoms with Crippen molar-refractivity contribution < 1.29 is 0 Å². The number of aryl methyl sites for hydroxylation is 1. The molecule has 1 fully saturated rings. The molecule has 0 amide bonds. The van der Waals surface area contributed by atoms with Crippen LogP contribution < -0.4 is 4.90 Å². The first-order chi connectivity index (χ1) is 12.3. The fourth-order valence-corrected chi connectivity index (χ4v) is 4.89. The number of nitrogens with zero attached hydrogens (tertiary/aromatic N) is 2. The van der Waals surface area contributed by atoms with Gasteiger partial charge in [0.1, 0.15) is 0 Å². The van der Waals surface area contributed by atoms with E-state index in [1.807, 2.05) is 11.3 Å². The zero-order valence-electron chi connectivity index (χ0n) is 14.3. The van der Waals surface area contributed by atoms with Crippen molar-refractivity contribution in [1.29, 1.82) is 0 Å². The minimum Gasteiger partial charge on any atom is -0.371 e. The second-order valence-corrected chi connectivity index (χ2v) is 7.94. The first-order valence-electron chi connectivity index (χ1n) is 8.93. The van der Waals surface area contributed by atoms with Gasteiger partial charge in [0.15, 0.2) is 0 Å². The van der Waals surface area contributed by atoms with E-state index in [-0.39, 0.29) is 0 Å². The maximum absolute atomic E-state index is 4.83. The minimum atomic E-state index is 1.10. The molecule has 3 heteroatoms. The van der Waals surface area contributed by atoms with Crippen molar-refractivity contribution in [1.82, 2.24) is 4.98 Å². The highest BCUT2D eigenvalue weighted by Crippen LogP contribution is 2.36. The maximum Gasteiger partial charge on any atom is 0.0732 e. The van der Waals surface area contributed by atoms with Crippen LogP contribution in [0.3, 0.4) is 0 Å². The van der Waals surface area contributed by atoms with E-state index in [1.54, 1.807) is 0 Å². The highest BCUT2D eigenvalue weighted by atomic mass is 32.1. The van der Waals surface area contributed by atoms with E-state index in [2.05, 4.69) is 66.4 Å². The van der Waals surface area contributed by atoms with Gasteiger partial charge in [-0.2, -0.15) is 0 Å². The summed E-state index contributed by atoms with van der Waals surface area (Å²) in [6, 6.07) is 19.9. The summed E-state index contributed by atoms with van der Waals surface area (Å²) in [4.78, 5) is 8.65. The number of anilines is 1. The Morgan fingerprint density at radius 3 is 2.64 bits per heavy atom. The smallest absolute Gasteiger partial charge is 0.0732 e. The summed E-state index contributed by atoms with van der Waals surface area (Å²) in [7, 11) is 0. The first-order valence-corrected chi connectivity index (χ1v) is 9.75. The zero-order valence-corrected chi connectivity index (χ0v) is 15.1. The Hall–Kier alpha value is -2.39. The van der Waals surface area contributed by atoms with Gasteiger partial charge in [0.25, 0.3) is 0 Å². The van der Waals surface area contributed by atoms with E-state index in [1.165, 1.54) is 44.4 Å². The molecular formula is C22H20N2S. The standard InChI is InChI=1S/C22H20N2S/c1-15-12-20(24-10-4-5-11-24)18-9-8-17(13-19(18)23-15)22-14-16-6-2-3-7-21(16)25-22/h2-3,6-9,12-14H,4-5,10-11H2,1H3. The molecule has 0 unspecified atom stereocenters. The molecule has 0 bridgehead atoms. The van der Waals surface area contributed by atoms with Gasteiger partial charge in [-0.05, 0) is 55.0 Å². The number of benzene rings is 2. The third-order valence-electron chi connectivity index (χ3n) is 5.07. The van der Waals surface area contributed by atoms with Crippen molar-refractivity contribution >= 4 is 38.0 Å². The highest BCUT2D eigenvalue weighted by Gasteiger charge is 2.16. The number of hydrogen-bond donors (Lipinski definition) is 0. The van der Waals surface area contributed by atoms with E-state index in [0.717, 1.165) is 24.3 Å². The fraction of sp³-hybridized carbons (Fsp3) is 0.227. The van der Waals surface area contributed by atoms with Crippen LogP contribution in [0.15, 0.2) is 54.6 Å². The minimum absolute atomic E-state index is 1.10. The van der Waals surface area contributed by atoms with Crippen LogP contribution in [0.2, 0.25) is 0 Å². The van der Waals surface area contributed by atoms with Gasteiger partial charge >= 0.3 is 0 Å². The van der Waals surface area contributed by atoms with Gasteiger partial charge in [-0.1, -0.05) is 30.3 Å². The predicted molar refractivity (Wildman–Crippen MR) is 109 cm³/mol. The largest absolute Gasteiger partial charge is 0.371 e. The SMILES string of the molecule is Cc1cc(N2CCCC2)c2ccc(-c3cc4ccccc4s3)cc2n1. The monoisotopic (exact) mass is 344 g/mol. The Morgan fingerprint density at radius 2 is 1.80 bits per heavy atom. The van der Waals surface area contributed by atoms with Gasteiger partial charge in [0, 0.05) is 39.4 Å². The van der Waals surface area contributed by atoms with Crippen molar-refractivity contribution in [3.8, 4) is 10.4 Å². The molecule has 0 radical (unpaired) electrons. The van der Waals surface area contributed by atoms with E-state index < -0.39 is 0 Å². The molecule has 0 aliphatic carbocycles. The molecule has 124 valence electrons. The molecular weight excluding hydrogens is 324 g/mol. The second kappa shape index (κ2) is 5.85. The summed E-state index contributed by atoms with van der Waals surface area (Å²) < 4.78 is 1.34. The quantitative estimate of drug-likeness (QED) is 0.442. The molecule has 1 saturated heterocycles. The highest BCUT2D eigenvalue weighted by molar-refractivity contribution is 7.22. The van der Waals surface area contributed by atoms with Gasteiger partial charge in [-0.15, -0.1) is 11.3 Å². The number of pyridine rings is 1. The molecule has 25 heavy (non-hydrogen) atoms. The molecule has 2 nitrogen and oxygen atoms in total. The Kier molecular flexibility index (Phi) is 3.49. The third-order valence-corrected chi connectivity index (χ3v) is 6.24. The van der Waals surface area contributed by atoms with Crippen LogP contribution in [0.25, 0.3) is 31.4 Å².